The molecule has 0 spiro atoms. The van der Waals surface area contributed by atoms with Crippen LogP contribution in [0.5, 0.6) is 0 Å². The Kier molecular flexibility index (Phi) is 3.85. The molecule has 5 nitrogen and oxygen atoms in total. The summed E-state index contributed by atoms with van der Waals surface area (Å²) in [6, 6.07) is 7.53. The number of anilines is 1. The van der Waals surface area contributed by atoms with Crippen molar-refractivity contribution in [2.24, 2.45) is 0 Å². The molecule has 0 bridgehead atoms. The van der Waals surface area contributed by atoms with Crippen LogP contribution in [0.4, 0.5) is 5.69 Å². The van der Waals surface area contributed by atoms with E-state index in [0.29, 0.717) is 30.1 Å². The summed E-state index contributed by atoms with van der Waals surface area (Å²) in [6.45, 7) is 4.80. The van der Waals surface area contributed by atoms with Crippen molar-refractivity contribution in [2.45, 2.75) is 20.4 Å². The van der Waals surface area contributed by atoms with Gasteiger partial charge in [-0.15, -0.1) is 0 Å². The van der Waals surface area contributed by atoms with Gasteiger partial charge in [0.15, 0.2) is 0 Å². The van der Waals surface area contributed by atoms with Crippen LogP contribution < -0.4 is 5.73 Å². The predicted octanol–water partition coefficient (Wildman–Crippen LogP) is 2.23. The second-order valence-electron chi connectivity index (χ2n) is 4.36. The zero-order valence-electron chi connectivity index (χ0n) is 11.1. The second-order valence-corrected chi connectivity index (χ2v) is 4.36. The number of nitrogens with two attached hydrogens (primary N) is 1. The van der Waals surface area contributed by atoms with Gasteiger partial charge in [-0.25, -0.2) is 0 Å². The van der Waals surface area contributed by atoms with E-state index in [1.54, 1.807) is 11.8 Å². The lowest BCUT2D eigenvalue weighted by molar-refractivity contribution is 0.0751. The Labute approximate surface area is 112 Å². The number of rotatable bonds is 4. The Hall–Kier alpha value is -2.30. The van der Waals surface area contributed by atoms with Gasteiger partial charge in [0.2, 0.25) is 0 Å². The maximum Gasteiger partial charge on any atom is 0.259 e. The third kappa shape index (κ3) is 2.93. The number of amides is 1. The van der Waals surface area contributed by atoms with Crippen LogP contribution in [0.1, 0.15) is 28.6 Å². The van der Waals surface area contributed by atoms with E-state index in [1.807, 2.05) is 31.2 Å². The SMILES string of the molecule is CCN(Cc1cccc(N)c1)C(=O)c1cnoc1C. The first-order valence-corrected chi connectivity index (χ1v) is 6.16. The van der Waals surface area contributed by atoms with Crippen LogP contribution in [0.25, 0.3) is 0 Å². The van der Waals surface area contributed by atoms with Crippen molar-refractivity contribution < 1.29 is 9.32 Å². The molecule has 0 aliphatic rings. The maximum absolute atomic E-state index is 12.3. The summed E-state index contributed by atoms with van der Waals surface area (Å²) in [7, 11) is 0. The van der Waals surface area contributed by atoms with Crippen molar-refractivity contribution in [2.75, 3.05) is 12.3 Å². The molecule has 19 heavy (non-hydrogen) atoms. The summed E-state index contributed by atoms with van der Waals surface area (Å²) < 4.78 is 4.93. The van der Waals surface area contributed by atoms with Crippen molar-refractivity contribution in [3.63, 3.8) is 0 Å². The Morgan fingerprint density at radius 3 is 2.84 bits per heavy atom. The van der Waals surface area contributed by atoms with Gasteiger partial charge < -0.3 is 15.2 Å². The Balaban J connectivity index is 2.17. The topological polar surface area (TPSA) is 72.4 Å². The fourth-order valence-corrected chi connectivity index (χ4v) is 1.91. The molecule has 0 atom stereocenters. The molecule has 100 valence electrons. The molecule has 1 aromatic heterocycles. The predicted molar refractivity (Wildman–Crippen MR) is 72.5 cm³/mol. The number of nitrogens with zero attached hydrogens (tertiary/aromatic N) is 2. The van der Waals surface area contributed by atoms with Gasteiger partial charge in [0.25, 0.3) is 5.91 Å². The Morgan fingerprint density at radius 1 is 1.47 bits per heavy atom. The lowest BCUT2D eigenvalue weighted by atomic mass is 10.1. The Morgan fingerprint density at radius 2 is 2.26 bits per heavy atom. The molecular formula is C14H17N3O2. The average molecular weight is 259 g/mol. The summed E-state index contributed by atoms with van der Waals surface area (Å²) in [4.78, 5) is 14.1. The van der Waals surface area contributed by atoms with Crippen LogP contribution in [0.15, 0.2) is 35.0 Å². The number of hydrogen-bond acceptors (Lipinski definition) is 4. The first kappa shape index (κ1) is 13.1. The molecule has 2 rings (SSSR count). The summed E-state index contributed by atoms with van der Waals surface area (Å²) in [5, 5.41) is 3.64. The summed E-state index contributed by atoms with van der Waals surface area (Å²) in [5.74, 6) is 0.458. The first-order chi connectivity index (χ1) is 9.11. The highest BCUT2D eigenvalue weighted by atomic mass is 16.5. The fourth-order valence-electron chi connectivity index (χ4n) is 1.91. The van der Waals surface area contributed by atoms with E-state index in [1.165, 1.54) is 6.20 Å². The van der Waals surface area contributed by atoms with Crippen LogP contribution in [-0.2, 0) is 6.54 Å². The van der Waals surface area contributed by atoms with Crippen LogP contribution in [0.3, 0.4) is 0 Å². The van der Waals surface area contributed by atoms with Crippen molar-refractivity contribution in [3.8, 4) is 0 Å². The number of carbonyl (C=O) groups is 1. The van der Waals surface area contributed by atoms with Crippen LogP contribution in [0.2, 0.25) is 0 Å². The van der Waals surface area contributed by atoms with Gasteiger partial charge in [-0.05, 0) is 31.5 Å². The quantitative estimate of drug-likeness (QED) is 0.854. The zero-order chi connectivity index (χ0) is 13.8. The van der Waals surface area contributed by atoms with Crippen LogP contribution in [-0.4, -0.2) is 22.5 Å². The van der Waals surface area contributed by atoms with Crippen LogP contribution in [0, 0.1) is 6.92 Å². The molecule has 0 aliphatic carbocycles. The number of aryl methyl sites for hydroxylation is 1. The summed E-state index contributed by atoms with van der Waals surface area (Å²) >= 11 is 0. The number of benzene rings is 1. The monoisotopic (exact) mass is 259 g/mol. The van der Waals surface area contributed by atoms with E-state index in [0.717, 1.165) is 5.56 Å². The third-order valence-electron chi connectivity index (χ3n) is 2.97. The van der Waals surface area contributed by atoms with E-state index in [2.05, 4.69) is 5.16 Å². The minimum atomic E-state index is -0.0799. The molecule has 2 aromatic rings. The lowest BCUT2D eigenvalue weighted by Gasteiger charge is -2.20. The first-order valence-electron chi connectivity index (χ1n) is 6.16. The fraction of sp³-hybridized carbons (Fsp3) is 0.286. The van der Waals surface area contributed by atoms with Crippen molar-refractivity contribution >= 4 is 11.6 Å². The van der Waals surface area contributed by atoms with Gasteiger partial charge in [-0.1, -0.05) is 17.3 Å². The second kappa shape index (κ2) is 5.56. The molecule has 0 unspecified atom stereocenters. The van der Waals surface area contributed by atoms with Gasteiger partial charge in [0.05, 0.1) is 6.20 Å². The van der Waals surface area contributed by atoms with Crippen molar-refractivity contribution in [1.29, 1.82) is 0 Å². The van der Waals surface area contributed by atoms with E-state index in [9.17, 15) is 4.79 Å². The zero-order valence-corrected chi connectivity index (χ0v) is 11.1. The molecule has 1 aromatic carbocycles. The number of hydrogen-bond donors (Lipinski definition) is 1. The molecule has 0 aliphatic heterocycles. The smallest absolute Gasteiger partial charge is 0.259 e. The average Bonchev–Trinajstić information content (AvgIpc) is 2.81. The Bertz CT molecular complexity index is 578. The van der Waals surface area contributed by atoms with E-state index >= 15 is 0 Å². The van der Waals surface area contributed by atoms with Gasteiger partial charge in [0.1, 0.15) is 11.3 Å². The van der Waals surface area contributed by atoms with Gasteiger partial charge in [0, 0.05) is 18.8 Å². The van der Waals surface area contributed by atoms with E-state index < -0.39 is 0 Å². The van der Waals surface area contributed by atoms with Crippen LogP contribution >= 0.6 is 0 Å². The molecule has 1 amide bonds. The molecule has 0 fully saturated rings. The number of carbonyl (C=O) groups excluding carboxylic acids is 1. The summed E-state index contributed by atoms with van der Waals surface area (Å²) in [5.41, 5.74) is 7.95. The van der Waals surface area contributed by atoms with Gasteiger partial charge in [-0.2, -0.15) is 0 Å². The highest BCUT2D eigenvalue weighted by molar-refractivity contribution is 5.94. The molecule has 5 heteroatoms. The lowest BCUT2D eigenvalue weighted by Crippen LogP contribution is -2.30. The molecule has 1 heterocycles. The largest absolute Gasteiger partial charge is 0.399 e. The minimum Gasteiger partial charge on any atom is -0.399 e. The maximum atomic E-state index is 12.3. The molecule has 0 saturated carbocycles. The number of aromatic nitrogens is 1. The van der Waals surface area contributed by atoms with E-state index in [4.69, 9.17) is 10.3 Å². The molecular weight excluding hydrogens is 242 g/mol. The minimum absolute atomic E-state index is 0.0799. The van der Waals surface area contributed by atoms with Crippen molar-refractivity contribution in [3.05, 3.63) is 47.3 Å². The molecule has 0 saturated heterocycles. The van der Waals surface area contributed by atoms with E-state index in [-0.39, 0.29) is 5.91 Å². The normalized spacial score (nSPS) is 10.4. The highest BCUT2D eigenvalue weighted by Crippen LogP contribution is 2.14. The van der Waals surface area contributed by atoms with Crippen molar-refractivity contribution in [1.82, 2.24) is 10.1 Å². The summed E-state index contributed by atoms with van der Waals surface area (Å²) in [6.07, 6.45) is 1.46. The molecule has 2 N–H and O–H groups in total. The highest BCUT2D eigenvalue weighted by Gasteiger charge is 2.19. The third-order valence-corrected chi connectivity index (χ3v) is 2.97. The number of nitrogen functional groups attached to an aromatic ring is 1. The van der Waals surface area contributed by atoms with Gasteiger partial charge in [-0.3, -0.25) is 4.79 Å². The van der Waals surface area contributed by atoms with Gasteiger partial charge >= 0.3 is 0 Å². The molecule has 0 radical (unpaired) electrons. The standard InChI is InChI=1S/C14H17N3O2/c1-3-17(9-11-5-4-6-12(15)7-11)14(18)13-8-16-19-10(13)2/h4-8H,3,9,15H2,1-2H3.